The first kappa shape index (κ1) is 12.3. The highest BCUT2D eigenvalue weighted by atomic mass is 35.5. The minimum absolute atomic E-state index is 0.0755. The van der Waals surface area contributed by atoms with Crippen molar-refractivity contribution < 1.29 is 0 Å². The molecule has 0 fully saturated rings. The molecule has 1 N–H and O–H groups in total. The summed E-state index contributed by atoms with van der Waals surface area (Å²) in [6.45, 7) is 2.03. The topological polar surface area (TPSA) is 46.9 Å². The van der Waals surface area contributed by atoms with Gasteiger partial charge in [0.2, 0.25) is 0 Å². The van der Waals surface area contributed by atoms with Crippen LogP contribution in [0.4, 0.5) is 0 Å². The normalized spacial score (nSPS) is 10.6. The largest absolute Gasteiger partial charge is 0.310 e. The van der Waals surface area contributed by atoms with Gasteiger partial charge in [0.1, 0.15) is 0 Å². The van der Waals surface area contributed by atoms with Crippen LogP contribution in [0.1, 0.15) is 4.88 Å². The van der Waals surface area contributed by atoms with E-state index in [1.807, 2.05) is 12.1 Å². The first-order chi connectivity index (χ1) is 8.25. The molecule has 0 spiro atoms. The fourth-order valence-corrected chi connectivity index (χ4v) is 2.46. The van der Waals surface area contributed by atoms with Crippen LogP contribution in [-0.2, 0) is 13.1 Å². The number of halogens is 1. The van der Waals surface area contributed by atoms with Gasteiger partial charge in [0.05, 0.1) is 10.9 Å². The summed E-state index contributed by atoms with van der Waals surface area (Å²) in [7, 11) is 0. The summed E-state index contributed by atoms with van der Waals surface area (Å²) in [6, 6.07) is 7.02. The molecule has 0 atom stereocenters. The number of rotatable bonds is 5. The minimum Gasteiger partial charge on any atom is -0.310 e. The van der Waals surface area contributed by atoms with Gasteiger partial charge in [0.15, 0.2) is 0 Å². The van der Waals surface area contributed by atoms with E-state index in [9.17, 15) is 4.79 Å². The highest BCUT2D eigenvalue weighted by Crippen LogP contribution is 2.20. The summed E-state index contributed by atoms with van der Waals surface area (Å²) < 4.78 is 2.23. The van der Waals surface area contributed by atoms with Gasteiger partial charge < -0.3 is 5.32 Å². The fraction of sp³-hybridized carbons (Fsp3) is 0.273. The molecule has 4 nitrogen and oxygen atoms in total. The first-order valence-corrected chi connectivity index (χ1v) is 6.42. The van der Waals surface area contributed by atoms with E-state index in [0.29, 0.717) is 13.1 Å². The summed E-state index contributed by atoms with van der Waals surface area (Å²) in [5, 5.41) is 7.22. The lowest BCUT2D eigenvalue weighted by Crippen LogP contribution is -2.27. The van der Waals surface area contributed by atoms with Crippen LogP contribution in [0.15, 0.2) is 35.3 Å². The molecular formula is C11H12ClN3OS. The Bertz CT molecular complexity index is 537. The van der Waals surface area contributed by atoms with Gasteiger partial charge in [0.25, 0.3) is 5.56 Å². The van der Waals surface area contributed by atoms with Gasteiger partial charge in [-0.2, -0.15) is 5.10 Å². The van der Waals surface area contributed by atoms with Gasteiger partial charge in [0, 0.05) is 30.2 Å². The molecule has 0 aliphatic heterocycles. The van der Waals surface area contributed by atoms with E-state index in [2.05, 4.69) is 10.4 Å². The Labute approximate surface area is 108 Å². The monoisotopic (exact) mass is 269 g/mol. The Balaban J connectivity index is 1.77. The third-order valence-electron chi connectivity index (χ3n) is 2.21. The lowest BCUT2D eigenvalue weighted by molar-refractivity contribution is 0.533. The molecular weight excluding hydrogens is 258 g/mol. The second kappa shape index (κ2) is 5.95. The van der Waals surface area contributed by atoms with E-state index in [1.54, 1.807) is 23.6 Å². The highest BCUT2D eigenvalue weighted by Gasteiger charge is 1.98. The van der Waals surface area contributed by atoms with E-state index in [0.717, 1.165) is 10.9 Å². The third-order valence-corrected chi connectivity index (χ3v) is 3.44. The number of thiophene rings is 1. The van der Waals surface area contributed by atoms with Crippen molar-refractivity contribution in [2.45, 2.75) is 13.1 Å². The Morgan fingerprint density at radius 1 is 1.41 bits per heavy atom. The molecule has 0 aromatic carbocycles. The summed E-state index contributed by atoms with van der Waals surface area (Å²) >= 11 is 7.38. The quantitative estimate of drug-likeness (QED) is 0.842. The van der Waals surface area contributed by atoms with Gasteiger partial charge in [-0.15, -0.1) is 11.3 Å². The van der Waals surface area contributed by atoms with Crippen LogP contribution in [0.3, 0.4) is 0 Å². The van der Waals surface area contributed by atoms with Crippen molar-refractivity contribution in [3.8, 4) is 0 Å². The summed E-state index contributed by atoms with van der Waals surface area (Å²) in [6.07, 6.45) is 1.61. The molecule has 0 aliphatic rings. The molecule has 2 heterocycles. The summed E-state index contributed by atoms with van der Waals surface area (Å²) in [5.41, 5.74) is -0.0755. The molecule has 0 amide bonds. The van der Waals surface area contributed by atoms with Crippen LogP contribution in [-0.4, -0.2) is 16.3 Å². The molecule has 0 saturated heterocycles. The van der Waals surface area contributed by atoms with E-state index < -0.39 is 0 Å². The predicted molar refractivity (Wildman–Crippen MR) is 69.5 cm³/mol. The summed E-state index contributed by atoms with van der Waals surface area (Å²) in [5.74, 6) is 0. The third kappa shape index (κ3) is 3.66. The zero-order chi connectivity index (χ0) is 12.1. The van der Waals surface area contributed by atoms with Gasteiger partial charge >= 0.3 is 0 Å². The Morgan fingerprint density at radius 2 is 2.29 bits per heavy atom. The predicted octanol–water partition coefficient (Wildman–Crippen LogP) is 1.75. The molecule has 2 aromatic rings. The Morgan fingerprint density at radius 3 is 3.00 bits per heavy atom. The van der Waals surface area contributed by atoms with Crippen LogP contribution in [0.25, 0.3) is 0 Å². The minimum atomic E-state index is -0.0755. The Hall–Kier alpha value is -1.17. The second-order valence-corrected chi connectivity index (χ2v) is 5.27. The smallest absolute Gasteiger partial charge is 0.266 e. The van der Waals surface area contributed by atoms with Crippen molar-refractivity contribution in [1.29, 1.82) is 0 Å². The maximum absolute atomic E-state index is 11.3. The average molecular weight is 270 g/mol. The number of hydrogen-bond acceptors (Lipinski definition) is 4. The number of nitrogens with one attached hydrogen (secondary N) is 1. The maximum Gasteiger partial charge on any atom is 0.266 e. The molecule has 6 heteroatoms. The van der Waals surface area contributed by atoms with E-state index in [4.69, 9.17) is 11.6 Å². The second-order valence-electron chi connectivity index (χ2n) is 3.47. The zero-order valence-corrected chi connectivity index (χ0v) is 10.7. The van der Waals surface area contributed by atoms with E-state index >= 15 is 0 Å². The van der Waals surface area contributed by atoms with Gasteiger partial charge in [-0.25, -0.2) is 4.68 Å². The van der Waals surface area contributed by atoms with Crippen LogP contribution in [0, 0.1) is 0 Å². The molecule has 0 saturated carbocycles. The van der Waals surface area contributed by atoms with Crippen molar-refractivity contribution >= 4 is 22.9 Å². The molecule has 0 aliphatic carbocycles. The molecule has 90 valence electrons. The lowest BCUT2D eigenvalue weighted by Gasteiger charge is -2.04. The first-order valence-electron chi connectivity index (χ1n) is 5.23. The van der Waals surface area contributed by atoms with Gasteiger partial charge in [-0.05, 0) is 18.2 Å². The van der Waals surface area contributed by atoms with Crippen molar-refractivity contribution in [1.82, 2.24) is 15.1 Å². The van der Waals surface area contributed by atoms with Crippen molar-refractivity contribution in [3.63, 3.8) is 0 Å². The van der Waals surface area contributed by atoms with Gasteiger partial charge in [-0.1, -0.05) is 11.6 Å². The average Bonchev–Trinajstić information content (AvgIpc) is 2.73. The maximum atomic E-state index is 11.3. The lowest BCUT2D eigenvalue weighted by atomic mass is 10.4. The number of nitrogens with zero attached hydrogens (tertiary/aromatic N) is 2. The van der Waals surface area contributed by atoms with Crippen molar-refractivity contribution in [3.05, 3.63) is 50.0 Å². The van der Waals surface area contributed by atoms with E-state index in [-0.39, 0.29) is 5.56 Å². The van der Waals surface area contributed by atoms with Crippen LogP contribution < -0.4 is 10.9 Å². The fourth-order valence-electron chi connectivity index (χ4n) is 1.40. The van der Waals surface area contributed by atoms with Gasteiger partial charge in [-0.3, -0.25) is 4.79 Å². The van der Waals surface area contributed by atoms with Crippen LogP contribution in [0.5, 0.6) is 0 Å². The molecule has 2 aromatic heterocycles. The SMILES string of the molecule is O=c1cccnn1CCNCc1ccc(Cl)s1. The van der Waals surface area contributed by atoms with E-state index in [1.165, 1.54) is 15.6 Å². The number of hydrogen-bond donors (Lipinski definition) is 1. The molecule has 0 bridgehead atoms. The van der Waals surface area contributed by atoms with Crippen molar-refractivity contribution in [2.24, 2.45) is 0 Å². The standard InChI is InChI=1S/C11H12ClN3OS/c12-10-4-3-9(17-10)8-13-6-7-15-11(16)2-1-5-14-15/h1-5,13H,6-8H2. The zero-order valence-electron chi connectivity index (χ0n) is 9.10. The molecule has 0 unspecified atom stereocenters. The van der Waals surface area contributed by atoms with Crippen molar-refractivity contribution in [2.75, 3.05) is 6.54 Å². The molecule has 17 heavy (non-hydrogen) atoms. The number of aromatic nitrogens is 2. The highest BCUT2D eigenvalue weighted by molar-refractivity contribution is 7.16. The Kier molecular flexibility index (Phi) is 4.30. The van der Waals surface area contributed by atoms with Crippen LogP contribution >= 0.6 is 22.9 Å². The van der Waals surface area contributed by atoms with Crippen LogP contribution in [0.2, 0.25) is 4.34 Å². The summed E-state index contributed by atoms with van der Waals surface area (Å²) in [4.78, 5) is 12.5. The molecule has 2 rings (SSSR count). The molecule has 0 radical (unpaired) electrons.